The van der Waals surface area contributed by atoms with E-state index in [1.54, 1.807) is 6.07 Å². The monoisotopic (exact) mass is 317 g/mol. The van der Waals surface area contributed by atoms with Crippen LogP contribution in [0.5, 0.6) is 5.75 Å². The molecule has 0 unspecified atom stereocenters. The van der Waals surface area contributed by atoms with Gasteiger partial charge >= 0.3 is 5.63 Å². The second-order valence-electron chi connectivity index (χ2n) is 6.22. The van der Waals surface area contributed by atoms with Crippen LogP contribution in [-0.2, 0) is 0 Å². The van der Waals surface area contributed by atoms with Crippen LogP contribution in [0.3, 0.4) is 0 Å². The van der Waals surface area contributed by atoms with E-state index in [1.165, 1.54) is 6.07 Å². The molecular formula is C18H23NO4. The number of likely N-dealkylation sites (tertiary alicyclic amines) is 1. The summed E-state index contributed by atoms with van der Waals surface area (Å²) in [5.41, 5.74) is 1.14. The Bertz CT molecular complexity index is 717. The van der Waals surface area contributed by atoms with Gasteiger partial charge in [-0.2, -0.15) is 0 Å². The van der Waals surface area contributed by atoms with Gasteiger partial charge in [-0.15, -0.1) is 0 Å². The molecule has 0 aliphatic carbocycles. The zero-order valence-corrected chi connectivity index (χ0v) is 13.5. The first-order chi connectivity index (χ1) is 11.2. The first-order valence-corrected chi connectivity index (χ1v) is 8.16. The van der Waals surface area contributed by atoms with E-state index < -0.39 is 0 Å². The third-order valence-corrected chi connectivity index (χ3v) is 4.56. The number of hydrogen-bond donors (Lipinski definition) is 1. The SMILES string of the molecule is Cc1cc(=O)oc2cc(OCCN3CCC(CO)CC3)ccc12. The summed E-state index contributed by atoms with van der Waals surface area (Å²) in [6, 6.07) is 7.11. The summed E-state index contributed by atoms with van der Waals surface area (Å²) < 4.78 is 11.0. The Morgan fingerprint density at radius 2 is 2.09 bits per heavy atom. The highest BCUT2D eigenvalue weighted by Crippen LogP contribution is 2.22. The van der Waals surface area contributed by atoms with Gasteiger partial charge in [-0.3, -0.25) is 4.90 Å². The third-order valence-electron chi connectivity index (χ3n) is 4.56. The van der Waals surface area contributed by atoms with Crippen LogP contribution in [0.2, 0.25) is 0 Å². The molecule has 1 fully saturated rings. The van der Waals surface area contributed by atoms with Gasteiger partial charge in [0.25, 0.3) is 0 Å². The number of rotatable bonds is 5. The molecule has 1 N–H and O–H groups in total. The summed E-state index contributed by atoms with van der Waals surface area (Å²) in [5, 5.41) is 10.1. The highest BCUT2D eigenvalue weighted by atomic mass is 16.5. The lowest BCUT2D eigenvalue weighted by Gasteiger charge is -2.30. The maximum Gasteiger partial charge on any atom is 0.336 e. The van der Waals surface area contributed by atoms with Gasteiger partial charge in [0.2, 0.25) is 0 Å². The van der Waals surface area contributed by atoms with E-state index in [0.717, 1.165) is 49.2 Å². The first-order valence-electron chi connectivity index (χ1n) is 8.16. The predicted octanol–water partition coefficient (Wildman–Crippen LogP) is 2.18. The van der Waals surface area contributed by atoms with Gasteiger partial charge in [0, 0.05) is 30.7 Å². The van der Waals surface area contributed by atoms with Gasteiger partial charge in [-0.1, -0.05) is 0 Å². The molecule has 3 rings (SSSR count). The molecular weight excluding hydrogens is 294 g/mol. The average Bonchev–Trinajstić information content (AvgIpc) is 2.55. The van der Waals surface area contributed by atoms with Crippen molar-refractivity contribution in [3.05, 3.63) is 40.2 Å². The molecule has 0 amide bonds. The van der Waals surface area contributed by atoms with Crippen molar-refractivity contribution in [3.63, 3.8) is 0 Å². The van der Waals surface area contributed by atoms with Crippen molar-refractivity contribution in [2.45, 2.75) is 19.8 Å². The molecule has 0 spiro atoms. The van der Waals surface area contributed by atoms with Gasteiger partial charge in [0.1, 0.15) is 17.9 Å². The highest BCUT2D eigenvalue weighted by molar-refractivity contribution is 5.81. The molecule has 1 aliphatic rings. The van der Waals surface area contributed by atoms with Gasteiger partial charge in [0.15, 0.2) is 0 Å². The number of aliphatic hydroxyl groups excluding tert-OH is 1. The zero-order chi connectivity index (χ0) is 16.2. The van der Waals surface area contributed by atoms with Crippen LogP contribution < -0.4 is 10.4 Å². The lowest BCUT2D eigenvalue weighted by Crippen LogP contribution is -2.37. The number of nitrogens with zero attached hydrogens (tertiary/aromatic N) is 1. The fourth-order valence-corrected chi connectivity index (χ4v) is 3.08. The standard InChI is InChI=1S/C18H23NO4/c1-13-10-18(21)23-17-11-15(2-3-16(13)17)22-9-8-19-6-4-14(12-20)5-7-19/h2-3,10-11,14,20H,4-9,12H2,1H3. The Balaban J connectivity index is 1.56. The minimum atomic E-state index is -0.334. The van der Waals surface area contributed by atoms with Crippen molar-refractivity contribution < 1.29 is 14.3 Å². The van der Waals surface area contributed by atoms with Crippen molar-refractivity contribution >= 4 is 11.0 Å². The maximum atomic E-state index is 11.5. The Morgan fingerprint density at radius 1 is 1.30 bits per heavy atom. The number of piperidine rings is 1. The molecule has 0 radical (unpaired) electrons. The van der Waals surface area contributed by atoms with Crippen LogP contribution in [0.15, 0.2) is 33.5 Å². The van der Waals surface area contributed by atoms with Crippen LogP contribution in [0.1, 0.15) is 18.4 Å². The van der Waals surface area contributed by atoms with Gasteiger partial charge in [0.05, 0.1) is 0 Å². The lowest BCUT2D eigenvalue weighted by molar-refractivity contribution is 0.119. The molecule has 124 valence electrons. The van der Waals surface area contributed by atoms with Crippen molar-refractivity contribution in [3.8, 4) is 5.75 Å². The fourth-order valence-electron chi connectivity index (χ4n) is 3.08. The summed E-state index contributed by atoms with van der Waals surface area (Å²) in [6.45, 7) is 5.70. The number of ether oxygens (including phenoxy) is 1. The molecule has 1 saturated heterocycles. The van der Waals surface area contributed by atoms with E-state index in [-0.39, 0.29) is 5.63 Å². The first kappa shape index (κ1) is 16.0. The molecule has 5 nitrogen and oxygen atoms in total. The van der Waals surface area contributed by atoms with E-state index in [0.29, 0.717) is 24.7 Å². The maximum absolute atomic E-state index is 11.5. The topological polar surface area (TPSA) is 62.9 Å². The van der Waals surface area contributed by atoms with Crippen LogP contribution in [0.4, 0.5) is 0 Å². The summed E-state index contributed by atoms with van der Waals surface area (Å²) in [7, 11) is 0. The average molecular weight is 317 g/mol. The molecule has 0 bridgehead atoms. The van der Waals surface area contributed by atoms with E-state index in [2.05, 4.69) is 4.90 Å². The number of hydrogen-bond acceptors (Lipinski definition) is 5. The Morgan fingerprint density at radius 3 is 2.83 bits per heavy atom. The second-order valence-corrected chi connectivity index (χ2v) is 6.22. The molecule has 5 heteroatoms. The quantitative estimate of drug-likeness (QED) is 0.857. The molecule has 1 aliphatic heterocycles. The van der Waals surface area contributed by atoms with E-state index >= 15 is 0 Å². The van der Waals surface area contributed by atoms with Crippen LogP contribution >= 0.6 is 0 Å². The molecule has 23 heavy (non-hydrogen) atoms. The zero-order valence-electron chi connectivity index (χ0n) is 13.5. The van der Waals surface area contributed by atoms with Crippen molar-refractivity contribution in [1.29, 1.82) is 0 Å². The van der Waals surface area contributed by atoms with E-state index in [9.17, 15) is 4.79 Å². The lowest BCUT2D eigenvalue weighted by atomic mass is 9.98. The second kappa shape index (κ2) is 7.15. The summed E-state index contributed by atoms with van der Waals surface area (Å²) in [4.78, 5) is 13.8. The number of aryl methyl sites for hydroxylation is 1. The van der Waals surface area contributed by atoms with Crippen LogP contribution in [-0.4, -0.2) is 42.9 Å². The fraction of sp³-hybridized carbons (Fsp3) is 0.500. The smallest absolute Gasteiger partial charge is 0.336 e. The van der Waals surface area contributed by atoms with E-state index in [1.807, 2.05) is 19.1 Å². The molecule has 1 aromatic heterocycles. The Hall–Kier alpha value is -1.85. The molecule has 0 saturated carbocycles. The Labute approximate surface area is 135 Å². The summed E-state index contributed by atoms with van der Waals surface area (Å²) in [6.07, 6.45) is 2.10. The minimum absolute atomic E-state index is 0.298. The van der Waals surface area contributed by atoms with Gasteiger partial charge < -0.3 is 14.3 Å². The van der Waals surface area contributed by atoms with Crippen molar-refractivity contribution in [2.75, 3.05) is 32.8 Å². The predicted molar refractivity (Wildman–Crippen MR) is 89.0 cm³/mol. The normalized spacial score (nSPS) is 16.8. The van der Waals surface area contributed by atoms with E-state index in [4.69, 9.17) is 14.3 Å². The summed E-state index contributed by atoms with van der Waals surface area (Å²) in [5.74, 6) is 1.18. The highest BCUT2D eigenvalue weighted by Gasteiger charge is 2.18. The molecule has 2 heterocycles. The van der Waals surface area contributed by atoms with Gasteiger partial charge in [-0.05, 0) is 56.5 Å². The van der Waals surface area contributed by atoms with Crippen molar-refractivity contribution in [1.82, 2.24) is 4.90 Å². The molecule has 0 atom stereocenters. The number of aliphatic hydroxyl groups is 1. The van der Waals surface area contributed by atoms with Crippen LogP contribution in [0, 0.1) is 12.8 Å². The minimum Gasteiger partial charge on any atom is -0.492 e. The third kappa shape index (κ3) is 3.92. The molecule has 1 aromatic carbocycles. The van der Waals surface area contributed by atoms with Crippen molar-refractivity contribution in [2.24, 2.45) is 5.92 Å². The largest absolute Gasteiger partial charge is 0.492 e. The van der Waals surface area contributed by atoms with Gasteiger partial charge in [-0.25, -0.2) is 4.79 Å². The molecule has 2 aromatic rings. The van der Waals surface area contributed by atoms with Crippen LogP contribution in [0.25, 0.3) is 11.0 Å². The Kier molecular flexibility index (Phi) is 4.98. The number of fused-ring (bicyclic) bond motifs is 1. The summed E-state index contributed by atoms with van der Waals surface area (Å²) >= 11 is 0. The number of benzene rings is 1.